The van der Waals surface area contributed by atoms with Crippen LogP contribution in [0.15, 0.2) is 53.5 Å². The summed E-state index contributed by atoms with van der Waals surface area (Å²) in [6.45, 7) is 4.65. The van der Waals surface area contributed by atoms with Crippen molar-refractivity contribution in [3.8, 4) is 5.75 Å². The lowest BCUT2D eigenvalue weighted by molar-refractivity contribution is 0.186. The minimum atomic E-state index is -0.717. The van der Waals surface area contributed by atoms with Crippen LogP contribution in [0, 0.1) is 5.82 Å². The van der Waals surface area contributed by atoms with E-state index < -0.39 is 6.10 Å². The molecule has 2 aromatic rings. The van der Waals surface area contributed by atoms with Crippen LogP contribution in [-0.2, 0) is 0 Å². The van der Waals surface area contributed by atoms with Gasteiger partial charge in [-0.3, -0.25) is 4.99 Å². The number of piperidine rings is 1. The van der Waals surface area contributed by atoms with Crippen molar-refractivity contribution in [1.29, 1.82) is 0 Å². The normalized spacial score (nSPS) is 18.1. The molecule has 2 unspecified atom stereocenters. The lowest BCUT2D eigenvalue weighted by Gasteiger charge is -2.35. The maximum Gasteiger partial charge on any atom is 0.191 e. The van der Waals surface area contributed by atoms with Gasteiger partial charge in [-0.2, -0.15) is 0 Å². The lowest BCUT2D eigenvalue weighted by atomic mass is 10.0. The van der Waals surface area contributed by atoms with Crippen molar-refractivity contribution in [3.05, 3.63) is 59.9 Å². The first-order valence-electron chi connectivity index (χ1n) is 10.5. The Morgan fingerprint density at radius 3 is 2.90 bits per heavy atom. The summed E-state index contributed by atoms with van der Waals surface area (Å²) in [6, 6.07) is 14.3. The number of methoxy groups -OCH3 is 1. The zero-order chi connectivity index (χ0) is 21.3. The van der Waals surface area contributed by atoms with Gasteiger partial charge in [0.25, 0.3) is 0 Å². The number of guanidine groups is 1. The fourth-order valence-corrected chi connectivity index (χ4v) is 3.65. The summed E-state index contributed by atoms with van der Waals surface area (Å²) < 4.78 is 18.8. The molecule has 1 aliphatic rings. The summed E-state index contributed by atoms with van der Waals surface area (Å²) in [4.78, 5) is 6.77. The van der Waals surface area contributed by atoms with E-state index in [9.17, 15) is 9.50 Å². The molecule has 0 aliphatic carbocycles. The van der Waals surface area contributed by atoms with E-state index in [2.05, 4.69) is 20.5 Å². The van der Waals surface area contributed by atoms with Gasteiger partial charge in [-0.1, -0.05) is 18.2 Å². The first kappa shape index (κ1) is 21.9. The van der Waals surface area contributed by atoms with Crippen LogP contribution in [0.5, 0.6) is 5.75 Å². The van der Waals surface area contributed by atoms with Crippen molar-refractivity contribution in [2.75, 3.05) is 38.2 Å². The van der Waals surface area contributed by atoms with Gasteiger partial charge in [0.05, 0.1) is 19.8 Å². The average Bonchev–Trinajstić information content (AvgIpc) is 2.77. The average molecular weight is 415 g/mol. The van der Waals surface area contributed by atoms with Crippen LogP contribution in [0.2, 0.25) is 0 Å². The Kier molecular flexibility index (Phi) is 7.90. The van der Waals surface area contributed by atoms with Crippen LogP contribution >= 0.6 is 0 Å². The van der Waals surface area contributed by atoms with Crippen molar-refractivity contribution in [2.24, 2.45) is 4.99 Å². The van der Waals surface area contributed by atoms with Gasteiger partial charge in [0.2, 0.25) is 0 Å². The summed E-state index contributed by atoms with van der Waals surface area (Å²) in [7, 11) is 1.61. The van der Waals surface area contributed by atoms with Crippen LogP contribution < -0.4 is 20.3 Å². The van der Waals surface area contributed by atoms with Crippen molar-refractivity contribution >= 4 is 11.6 Å². The molecule has 3 rings (SSSR count). The smallest absolute Gasteiger partial charge is 0.191 e. The van der Waals surface area contributed by atoms with Gasteiger partial charge in [-0.05, 0) is 55.7 Å². The quantitative estimate of drug-likeness (QED) is 0.480. The van der Waals surface area contributed by atoms with Crippen LogP contribution in [0.4, 0.5) is 10.1 Å². The maximum atomic E-state index is 13.6. The third kappa shape index (κ3) is 6.10. The SMILES string of the molecule is CCNC(=NCC(O)c1cccc(OC)c1)NC1CCCN(c2cccc(F)c2)C1. The van der Waals surface area contributed by atoms with E-state index in [1.54, 1.807) is 19.2 Å². The van der Waals surface area contributed by atoms with E-state index in [-0.39, 0.29) is 18.4 Å². The molecule has 1 saturated heterocycles. The number of aliphatic hydroxyl groups is 1. The first-order chi connectivity index (χ1) is 14.6. The van der Waals surface area contributed by atoms with Gasteiger partial charge >= 0.3 is 0 Å². The number of benzene rings is 2. The highest BCUT2D eigenvalue weighted by atomic mass is 19.1. The van der Waals surface area contributed by atoms with Crippen molar-refractivity contribution in [3.63, 3.8) is 0 Å². The summed E-state index contributed by atoms with van der Waals surface area (Å²) >= 11 is 0. The molecule has 0 spiro atoms. The van der Waals surface area contributed by atoms with Gasteiger partial charge in [-0.15, -0.1) is 0 Å². The number of hydrogen-bond acceptors (Lipinski definition) is 4. The van der Waals surface area contributed by atoms with Gasteiger partial charge in [-0.25, -0.2) is 4.39 Å². The molecule has 3 N–H and O–H groups in total. The number of nitrogens with one attached hydrogen (secondary N) is 2. The lowest BCUT2D eigenvalue weighted by Crippen LogP contribution is -2.51. The maximum absolute atomic E-state index is 13.6. The molecule has 162 valence electrons. The summed E-state index contributed by atoms with van der Waals surface area (Å²) in [5, 5.41) is 17.2. The molecule has 1 heterocycles. The summed E-state index contributed by atoms with van der Waals surface area (Å²) in [5.74, 6) is 1.16. The van der Waals surface area contributed by atoms with Gasteiger partial charge in [0.15, 0.2) is 5.96 Å². The topological polar surface area (TPSA) is 69.1 Å². The molecule has 0 aromatic heterocycles. The molecule has 1 fully saturated rings. The molecule has 6 nitrogen and oxygen atoms in total. The standard InChI is InChI=1S/C23H31FN4O2/c1-3-25-23(26-15-22(29)17-7-4-11-21(13-17)30-2)27-19-9-6-12-28(16-19)20-10-5-8-18(24)14-20/h4-5,7-8,10-11,13-14,19,22,29H,3,6,9,12,15-16H2,1-2H3,(H2,25,26,27). The monoisotopic (exact) mass is 414 g/mol. The molecule has 0 saturated carbocycles. The van der Waals surface area contributed by atoms with Crippen molar-refractivity contribution in [2.45, 2.75) is 31.9 Å². The molecule has 2 atom stereocenters. The van der Waals surface area contributed by atoms with Gasteiger partial charge < -0.3 is 25.4 Å². The second kappa shape index (κ2) is 10.8. The number of aliphatic imine (C=N–C) groups is 1. The summed E-state index contributed by atoms with van der Waals surface area (Å²) in [6.07, 6.45) is 1.31. The fourth-order valence-electron chi connectivity index (χ4n) is 3.65. The molecule has 7 heteroatoms. The van der Waals surface area contributed by atoms with E-state index in [1.165, 1.54) is 6.07 Å². The number of anilines is 1. The number of rotatable bonds is 7. The predicted octanol–water partition coefficient (Wildman–Crippen LogP) is 3.09. The van der Waals surface area contributed by atoms with Crippen LogP contribution in [-0.4, -0.2) is 50.4 Å². The third-order valence-corrected chi connectivity index (χ3v) is 5.18. The molecule has 1 aliphatic heterocycles. The van der Waals surface area contributed by atoms with Crippen molar-refractivity contribution in [1.82, 2.24) is 10.6 Å². The molecular formula is C23H31FN4O2. The fraction of sp³-hybridized carbons (Fsp3) is 0.435. The van der Waals surface area contributed by atoms with Gasteiger partial charge in [0, 0.05) is 31.4 Å². The van der Waals surface area contributed by atoms with E-state index in [1.807, 2.05) is 37.3 Å². The minimum absolute atomic E-state index is 0.189. The molecule has 0 bridgehead atoms. The molecular weight excluding hydrogens is 383 g/mol. The molecule has 30 heavy (non-hydrogen) atoms. The first-order valence-corrected chi connectivity index (χ1v) is 10.5. The summed E-state index contributed by atoms with van der Waals surface area (Å²) in [5.41, 5.74) is 1.67. The predicted molar refractivity (Wildman–Crippen MR) is 119 cm³/mol. The largest absolute Gasteiger partial charge is 0.497 e. The minimum Gasteiger partial charge on any atom is -0.497 e. The third-order valence-electron chi connectivity index (χ3n) is 5.18. The van der Waals surface area contributed by atoms with Crippen LogP contribution in [0.3, 0.4) is 0 Å². The zero-order valence-corrected chi connectivity index (χ0v) is 17.6. The number of nitrogens with zero attached hydrogens (tertiary/aromatic N) is 2. The Morgan fingerprint density at radius 1 is 1.30 bits per heavy atom. The Morgan fingerprint density at radius 2 is 2.13 bits per heavy atom. The highest BCUT2D eigenvalue weighted by Gasteiger charge is 2.21. The number of aliphatic hydroxyl groups excluding tert-OH is 1. The zero-order valence-electron chi connectivity index (χ0n) is 17.6. The van der Waals surface area contributed by atoms with Crippen molar-refractivity contribution < 1.29 is 14.2 Å². The van der Waals surface area contributed by atoms with Gasteiger partial charge in [0.1, 0.15) is 11.6 Å². The van der Waals surface area contributed by atoms with E-state index in [4.69, 9.17) is 4.74 Å². The van der Waals surface area contributed by atoms with Crippen LogP contribution in [0.25, 0.3) is 0 Å². The Bertz CT molecular complexity index is 845. The van der Waals surface area contributed by atoms with Crippen LogP contribution in [0.1, 0.15) is 31.4 Å². The Hall–Kier alpha value is -2.80. The Labute approximate surface area is 177 Å². The van der Waals surface area contributed by atoms with E-state index in [0.29, 0.717) is 11.7 Å². The highest BCUT2D eigenvalue weighted by Crippen LogP contribution is 2.21. The highest BCUT2D eigenvalue weighted by molar-refractivity contribution is 5.80. The number of halogens is 1. The van der Waals surface area contributed by atoms with E-state index >= 15 is 0 Å². The number of hydrogen-bond donors (Lipinski definition) is 3. The second-order valence-corrected chi connectivity index (χ2v) is 7.42. The molecule has 0 amide bonds. The molecule has 2 aromatic carbocycles. The molecule has 0 radical (unpaired) electrons. The second-order valence-electron chi connectivity index (χ2n) is 7.42. The number of ether oxygens (including phenoxy) is 1. The van der Waals surface area contributed by atoms with E-state index in [0.717, 1.165) is 43.7 Å². The Balaban J connectivity index is 1.62.